The molecule has 1 aromatic carbocycles. The van der Waals surface area contributed by atoms with Crippen LogP contribution >= 0.6 is 0 Å². The van der Waals surface area contributed by atoms with Gasteiger partial charge in [0.25, 0.3) is 0 Å². The summed E-state index contributed by atoms with van der Waals surface area (Å²) >= 11 is 0. The maximum atomic E-state index is 14.6. The zero-order valence-corrected chi connectivity index (χ0v) is 17.0. The van der Waals surface area contributed by atoms with E-state index >= 15 is 0 Å². The lowest BCUT2D eigenvalue weighted by Gasteiger charge is -2.36. The van der Waals surface area contributed by atoms with Crippen LogP contribution in [0.25, 0.3) is 22.2 Å². The lowest BCUT2D eigenvalue weighted by molar-refractivity contribution is -0.140. The molecule has 1 aliphatic carbocycles. The SMILES string of the molecule is Cn1nc(-c2cc(C(F)(F)F)c(F)c(O)c2F)c2cnc(N3CCOCC3C3CC3)cc21. The minimum absolute atomic E-state index is 0.166. The topological polar surface area (TPSA) is 63.4 Å². The first-order valence-corrected chi connectivity index (χ1v) is 10.1. The molecule has 3 heterocycles. The van der Waals surface area contributed by atoms with Crippen molar-refractivity contribution in [2.45, 2.75) is 25.1 Å². The van der Waals surface area contributed by atoms with Crippen molar-refractivity contribution in [3.8, 4) is 17.0 Å². The first kappa shape index (κ1) is 20.9. The Bertz CT molecular complexity index is 1210. The molecule has 11 heteroatoms. The summed E-state index contributed by atoms with van der Waals surface area (Å²) in [6, 6.07) is 2.27. The molecule has 3 aromatic rings. The van der Waals surface area contributed by atoms with Gasteiger partial charge in [-0.3, -0.25) is 4.68 Å². The number of ether oxygens (including phenoxy) is 1. The molecule has 0 radical (unpaired) electrons. The number of anilines is 1. The van der Waals surface area contributed by atoms with Crippen molar-refractivity contribution in [2.75, 3.05) is 24.7 Å². The number of pyridine rings is 1. The van der Waals surface area contributed by atoms with Crippen LogP contribution in [0.1, 0.15) is 18.4 Å². The van der Waals surface area contributed by atoms with Crippen LogP contribution in [-0.2, 0) is 18.0 Å². The van der Waals surface area contributed by atoms with Gasteiger partial charge in [-0.1, -0.05) is 0 Å². The summed E-state index contributed by atoms with van der Waals surface area (Å²) in [6.07, 6.45) is -1.46. The monoisotopic (exact) mass is 454 g/mol. The van der Waals surface area contributed by atoms with Gasteiger partial charge in [0.05, 0.1) is 30.3 Å². The fraction of sp³-hybridized carbons (Fsp3) is 0.429. The van der Waals surface area contributed by atoms with Gasteiger partial charge < -0.3 is 14.7 Å². The van der Waals surface area contributed by atoms with Crippen LogP contribution in [0.2, 0.25) is 0 Å². The molecule has 0 spiro atoms. The van der Waals surface area contributed by atoms with Crippen molar-refractivity contribution in [1.82, 2.24) is 14.8 Å². The number of benzene rings is 1. The number of alkyl halides is 3. The summed E-state index contributed by atoms with van der Waals surface area (Å²) in [5.74, 6) is -4.06. The average Bonchev–Trinajstić information content (AvgIpc) is 3.56. The number of morpholine rings is 1. The Morgan fingerprint density at radius 1 is 1.16 bits per heavy atom. The lowest BCUT2D eigenvalue weighted by atomic mass is 10.0. The van der Waals surface area contributed by atoms with E-state index in [0.29, 0.717) is 43.1 Å². The van der Waals surface area contributed by atoms with Gasteiger partial charge in [0, 0.05) is 36.8 Å². The van der Waals surface area contributed by atoms with Crippen LogP contribution in [0.15, 0.2) is 18.3 Å². The highest BCUT2D eigenvalue weighted by Crippen LogP contribution is 2.42. The maximum absolute atomic E-state index is 14.6. The molecule has 2 aromatic heterocycles. The van der Waals surface area contributed by atoms with Gasteiger partial charge in [-0.05, 0) is 24.8 Å². The van der Waals surface area contributed by atoms with Gasteiger partial charge in [-0.2, -0.15) is 18.3 Å². The molecule has 1 atom stereocenters. The zero-order valence-electron chi connectivity index (χ0n) is 17.0. The predicted octanol–water partition coefficient (Wildman–Crippen LogP) is 4.25. The first-order valence-electron chi connectivity index (χ1n) is 10.1. The Balaban J connectivity index is 1.62. The minimum Gasteiger partial charge on any atom is -0.503 e. The fourth-order valence-electron chi connectivity index (χ4n) is 4.28. The third-order valence-electron chi connectivity index (χ3n) is 6.09. The first-order chi connectivity index (χ1) is 15.2. The van der Waals surface area contributed by atoms with E-state index in [1.807, 2.05) is 0 Å². The maximum Gasteiger partial charge on any atom is 0.419 e. The second-order valence-electron chi connectivity index (χ2n) is 8.15. The summed E-state index contributed by atoms with van der Waals surface area (Å²) in [6.45, 7) is 1.81. The van der Waals surface area contributed by atoms with E-state index in [0.717, 1.165) is 12.8 Å². The third-order valence-corrected chi connectivity index (χ3v) is 6.09. The second kappa shape index (κ2) is 7.29. The zero-order chi connectivity index (χ0) is 22.8. The number of phenols is 1. The Labute approximate surface area is 179 Å². The van der Waals surface area contributed by atoms with Gasteiger partial charge in [-0.25, -0.2) is 13.8 Å². The van der Waals surface area contributed by atoms with E-state index < -0.39 is 34.7 Å². The summed E-state index contributed by atoms with van der Waals surface area (Å²) < 4.78 is 75.1. The van der Waals surface area contributed by atoms with Crippen molar-refractivity contribution in [3.63, 3.8) is 0 Å². The van der Waals surface area contributed by atoms with Gasteiger partial charge in [0.2, 0.25) is 0 Å². The molecule has 0 bridgehead atoms. The summed E-state index contributed by atoms with van der Waals surface area (Å²) in [5, 5.41) is 14.1. The highest BCUT2D eigenvalue weighted by Gasteiger charge is 2.39. The Morgan fingerprint density at radius 2 is 1.91 bits per heavy atom. The molecule has 2 aliphatic rings. The molecule has 2 fully saturated rings. The lowest BCUT2D eigenvalue weighted by Crippen LogP contribution is -2.47. The molecule has 1 N–H and O–H groups in total. The standard InChI is InChI=1S/C21H19F5N4O2/c1-29-14-7-16(30-4-5-32-9-15(30)10-2-3-10)27-8-12(14)19(28-29)11-6-13(21(24,25)26)18(23)20(31)17(11)22/h6-8,10,15,31H,2-5,9H2,1H3. The number of fused-ring (bicyclic) bond motifs is 1. The molecular weight excluding hydrogens is 435 g/mol. The number of hydrogen-bond acceptors (Lipinski definition) is 5. The molecule has 170 valence electrons. The van der Waals surface area contributed by atoms with E-state index in [-0.39, 0.29) is 17.1 Å². The van der Waals surface area contributed by atoms with E-state index in [1.54, 1.807) is 13.1 Å². The Morgan fingerprint density at radius 3 is 2.59 bits per heavy atom. The summed E-state index contributed by atoms with van der Waals surface area (Å²) in [4.78, 5) is 6.62. The van der Waals surface area contributed by atoms with E-state index in [1.165, 1.54) is 10.9 Å². The number of hydrogen-bond donors (Lipinski definition) is 1. The number of aromatic nitrogens is 3. The smallest absolute Gasteiger partial charge is 0.419 e. The van der Waals surface area contributed by atoms with Gasteiger partial charge in [0.1, 0.15) is 11.5 Å². The highest BCUT2D eigenvalue weighted by atomic mass is 19.4. The summed E-state index contributed by atoms with van der Waals surface area (Å²) in [7, 11) is 1.57. The van der Waals surface area contributed by atoms with Crippen molar-refractivity contribution in [2.24, 2.45) is 13.0 Å². The third kappa shape index (κ3) is 3.35. The number of aromatic hydroxyl groups is 1. The highest BCUT2D eigenvalue weighted by molar-refractivity contribution is 5.94. The van der Waals surface area contributed by atoms with Crippen LogP contribution in [0, 0.1) is 17.6 Å². The molecule has 0 amide bonds. The molecule has 1 saturated carbocycles. The van der Waals surface area contributed by atoms with Crippen LogP contribution in [0.5, 0.6) is 5.75 Å². The molecule has 1 unspecified atom stereocenters. The molecule has 32 heavy (non-hydrogen) atoms. The number of halogens is 5. The van der Waals surface area contributed by atoms with Crippen molar-refractivity contribution in [3.05, 3.63) is 35.5 Å². The largest absolute Gasteiger partial charge is 0.503 e. The predicted molar refractivity (Wildman–Crippen MR) is 105 cm³/mol. The van der Waals surface area contributed by atoms with E-state index in [4.69, 9.17) is 4.74 Å². The second-order valence-corrected chi connectivity index (χ2v) is 8.15. The van der Waals surface area contributed by atoms with Gasteiger partial charge >= 0.3 is 6.18 Å². The molecule has 5 rings (SSSR count). The van der Waals surface area contributed by atoms with Gasteiger partial charge in [0.15, 0.2) is 17.4 Å². The van der Waals surface area contributed by atoms with Crippen LogP contribution in [0.3, 0.4) is 0 Å². The number of rotatable bonds is 3. The summed E-state index contributed by atoms with van der Waals surface area (Å²) in [5.41, 5.74) is -2.07. The Kier molecular flexibility index (Phi) is 4.77. The molecule has 1 saturated heterocycles. The minimum atomic E-state index is -5.12. The van der Waals surface area contributed by atoms with Crippen molar-refractivity contribution < 1.29 is 31.8 Å². The van der Waals surface area contributed by atoms with E-state index in [9.17, 15) is 27.1 Å². The number of phenolic OH excluding ortho intramolecular Hbond substituents is 1. The van der Waals surface area contributed by atoms with Crippen LogP contribution < -0.4 is 4.90 Å². The van der Waals surface area contributed by atoms with Gasteiger partial charge in [-0.15, -0.1) is 0 Å². The number of nitrogens with zero attached hydrogens (tertiary/aromatic N) is 4. The van der Waals surface area contributed by atoms with Crippen LogP contribution in [-0.4, -0.2) is 45.7 Å². The molecule has 6 nitrogen and oxygen atoms in total. The number of aryl methyl sites for hydroxylation is 1. The molecule has 1 aliphatic heterocycles. The fourth-order valence-corrected chi connectivity index (χ4v) is 4.28. The molecular formula is C21H19F5N4O2. The van der Waals surface area contributed by atoms with Crippen molar-refractivity contribution in [1.29, 1.82) is 0 Å². The average molecular weight is 454 g/mol. The quantitative estimate of drug-likeness (QED) is 0.600. The van der Waals surface area contributed by atoms with Crippen LogP contribution in [0.4, 0.5) is 27.8 Å². The van der Waals surface area contributed by atoms with E-state index in [2.05, 4.69) is 15.0 Å². The normalized spacial score (nSPS) is 19.7. The van der Waals surface area contributed by atoms with Crippen molar-refractivity contribution >= 4 is 16.7 Å². The Hall–Kier alpha value is -2.95.